The summed E-state index contributed by atoms with van der Waals surface area (Å²) in [6.45, 7) is 6.81. The Labute approximate surface area is 43.3 Å². The van der Waals surface area contributed by atoms with Crippen molar-refractivity contribution in [2.24, 2.45) is 0 Å². The molecule has 0 atom stereocenters. The van der Waals surface area contributed by atoms with Crippen molar-refractivity contribution in [2.75, 3.05) is 0 Å². The van der Waals surface area contributed by atoms with Crippen molar-refractivity contribution in [1.82, 2.24) is 4.90 Å². The molecule has 38 valence electrons. The summed E-state index contributed by atoms with van der Waals surface area (Å²) >= 11 is 0. The summed E-state index contributed by atoms with van der Waals surface area (Å²) in [6, 6.07) is 0. The highest BCUT2D eigenvalue weighted by Gasteiger charge is 1.75. The molecule has 2 nitrogen and oxygen atoms in total. The van der Waals surface area contributed by atoms with E-state index in [1.807, 2.05) is 0 Å². The van der Waals surface area contributed by atoms with Crippen molar-refractivity contribution in [1.29, 1.82) is 5.41 Å². The van der Waals surface area contributed by atoms with E-state index in [1.165, 1.54) is 17.3 Å². The van der Waals surface area contributed by atoms with Crippen molar-refractivity contribution in [3.05, 3.63) is 25.6 Å². The molecular formula is C5H8N2. The van der Waals surface area contributed by atoms with Crippen LogP contribution in [0.4, 0.5) is 0 Å². The molecular weight excluding hydrogens is 88.1 g/mol. The lowest BCUT2D eigenvalue weighted by Crippen LogP contribution is -2.02. The molecule has 0 aromatic rings. The predicted octanol–water partition coefficient (Wildman–Crippen LogP) is 1.18. The molecule has 0 aliphatic heterocycles. The minimum Gasteiger partial charge on any atom is -0.316 e. The number of nitrogens with one attached hydrogen (secondary N) is 1. The molecule has 0 saturated heterocycles. The van der Waals surface area contributed by atoms with Crippen molar-refractivity contribution < 1.29 is 0 Å². The van der Waals surface area contributed by atoms with E-state index in [4.69, 9.17) is 5.41 Å². The highest BCUT2D eigenvalue weighted by Crippen LogP contribution is 1.78. The average Bonchev–Trinajstić information content (AvgIpc) is 1.72. The van der Waals surface area contributed by atoms with Crippen molar-refractivity contribution in [3.8, 4) is 0 Å². The van der Waals surface area contributed by atoms with Crippen LogP contribution in [0.3, 0.4) is 0 Å². The molecule has 1 N–H and O–H groups in total. The maximum atomic E-state index is 6.62. The Kier molecular flexibility index (Phi) is 2.68. The monoisotopic (exact) mass is 96.1 g/mol. The van der Waals surface area contributed by atoms with Gasteiger partial charge in [0.25, 0.3) is 0 Å². The summed E-state index contributed by atoms with van der Waals surface area (Å²) in [6.07, 6.45) is 4.12. The Morgan fingerprint density at radius 3 is 1.71 bits per heavy atom. The lowest BCUT2D eigenvalue weighted by molar-refractivity contribution is 0.785. The van der Waals surface area contributed by atoms with Gasteiger partial charge in [-0.2, -0.15) is 0 Å². The SMILES string of the molecule is C=CN(C=C)C=N. The molecule has 7 heavy (non-hydrogen) atoms. The predicted molar refractivity (Wildman–Crippen MR) is 31.0 cm³/mol. The largest absolute Gasteiger partial charge is 0.316 e. The molecule has 0 aliphatic rings. The van der Waals surface area contributed by atoms with Gasteiger partial charge in [-0.25, -0.2) is 0 Å². The fraction of sp³-hybridized carbons (Fsp3) is 0. The lowest BCUT2D eigenvalue weighted by Gasteiger charge is -2.01. The van der Waals surface area contributed by atoms with E-state index in [2.05, 4.69) is 13.2 Å². The van der Waals surface area contributed by atoms with Gasteiger partial charge in [-0.3, -0.25) is 5.41 Å². The molecule has 0 unspecified atom stereocenters. The zero-order valence-corrected chi connectivity index (χ0v) is 4.09. The van der Waals surface area contributed by atoms with E-state index in [1.54, 1.807) is 0 Å². The Morgan fingerprint density at radius 2 is 1.71 bits per heavy atom. The van der Waals surface area contributed by atoms with Gasteiger partial charge in [-0.05, 0) is 0 Å². The van der Waals surface area contributed by atoms with E-state index in [0.717, 1.165) is 6.34 Å². The fourth-order valence-corrected chi connectivity index (χ4v) is 0.180. The minimum absolute atomic E-state index is 1.12. The first kappa shape index (κ1) is 5.95. The zero-order valence-electron chi connectivity index (χ0n) is 4.09. The van der Waals surface area contributed by atoms with Crippen LogP contribution >= 0.6 is 0 Å². The van der Waals surface area contributed by atoms with Gasteiger partial charge in [0, 0.05) is 12.4 Å². The third-order valence-corrected chi connectivity index (χ3v) is 0.571. The van der Waals surface area contributed by atoms with Crippen molar-refractivity contribution >= 4 is 6.34 Å². The summed E-state index contributed by atoms with van der Waals surface area (Å²) < 4.78 is 0. The van der Waals surface area contributed by atoms with Gasteiger partial charge in [0.1, 0.15) is 0 Å². The molecule has 0 aromatic heterocycles. The van der Waals surface area contributed by atoms with Crippen LogP contribution in [0.25, 0.3) is 0 Å². The second-order valence-electron chi connectivity index (χ2n) is 0.941. The molecule has 0 spiro atoms. The van der Waals surface area contributed by atoms with Gasteiger partial charge < -0.3 is 4.90 Å². The van der Waals surface area contributed by atoms with E-state index >= 15 is 0 Å². The second-order valence-corrected chi connectivity index (χ2v) is 0.941. The highest BCUT2D eigenvalue weighted by molar-refractivity contribution is 5.53. The highest BCUT2D eigenvalue weighted by atomic mass is 15.1. The Hall–Kier alpha value is -1.05. The molecule has 0 fully saturated rings. The maximum Gasteiger partial charge on any atom is 0.0897 e. The first-order chi connectivity index (χ1) is 3.35. The summed E-state index contributed by atoms with van der Waals surface area (Å²) in [5.74, 6) is 0. The first-order valence-corrected chi connectivity index (χ1v) is 1.88. The molecule has 0 bridgehead atoms. The third kappa shape index (κ3) is 1.76. The maximum absolute atomic E-state index is 6.62. The van der Waals surface area contributed by atoms with Gasteiger partial charge in [-0.1, -0.05) is 13.2 Å². The molecule has 0 radical (unpaired) electrons. The van der Waals surface area contributed by atoms with Gasteiger partial charge in [0.2, 0.25) is 0 Å². The van der Waals surface area contributed by atoms with Crippen LogP contribution in [-0.4, -0.2) is 11.2 Å². The third-order valence-electron chi connectivity index (χ3n) is 0.571. The summed E-state index contributed by atoms with van der Waals surface area (Å²) in [7, 11) is 0. The Balaban J connectivity index is 3.57. The van der Waals surface area contributed by atoms with Crippen LogP contribution in [0.1, 0.15) is 0 Å². The number of nitrogens with zero attached hydrogens (tertiary/aromatic N) is 1. The topological polar surface area (TPSA) is 27.1 Å². The smallest absolute Gasteiger partial charge is 0.0897 e. The van der Waals surface area contributed by atoms with Crippen molar-refractivity contribution in [2.45, 2.75) is 0 Å². The first-order valence-electron chi connectivity index (χ1n) is 1.88. The van der Waals surface area contributed by atoms with E-state index < -0.39 is 0 Å². The normalized spacial score (nSPS) is 6.86. The Bertz CT molecular complexity index is 67.1. The van der Waals surface area contributed by atoms with Crippen LogP contribution in [0.5, 0.6) is 0 Å². The lowest BCUT2D eigenvalue weighted by atomic mass is 10.8. The molecule has 0 saturated carbocycles. The van der Waals surface area contributed by atoms with Gasteiger partial charge in [0.15, 0.2) is 0 Å². The molecule has 2 heteroatoms. The molecule has 0 amide bonds. The van der Waals surface area contributed by atoms with E-state index in [9.17, 15) is 0 Å². The van der Waals surface area contributed by atoms with E-state index in [-0.39, 0.29) is 0 Å². The van der Waals surface area contributed by atoms with Gasteiger partial charge in [-0.15, -0.1) is 0 Å². The number of rotatable bonds is 3. The number of hydrogen-bond acceptors (Lipinski definition) is 1. The molecule has 0 aliphatic carbocycles. The fourth-order valence-electron chi connectivity index (χ4n) is 0.180. The average molecular weight is 96.1 g/mol. The summed E-state index contributed by atoms with van der Waals surface area (Å²) in [5, 5.41) is 6.62. The van der Waals surface area contributed by atoms with Crippen molar-refractivity contribution in [3.63, 3.8) is 0 Å². The molecule has 0 heterocycles. The summed E-state index contributed by atoms with van der Waals surface area (Å²) in [5.41, 5.74) is 0. The summed E-state index contributed by atoms with van der Waals surface area (Å²) in [4.78, 5) is 1.44. The zero-order chi connectivity index (χ0) is 5.70. The van der Waals surface area contributed by atoms with Crippen LogP contribution in [0.2, 0.25) is 0 Å². The quantitative estimate of drug-likeness (QED) is 0.414. The molecule has 0 aromatic carbocycles. The van der Waals surface area contributed by atoms with Gasteiger partial charge in [0.05, 0.1) is 6.34 Å². The number of hydrogen-bond donors (Lipinski definition) is 1. The molecule has 0 rings (SSSR count). The van der Waals surface area contributed by atoms with Crippen LogP contribution in [-0.2, 0) is 0 Å². The van der Waals surface area contributed by atoms with Crippen LogP contribution < -0.4 is 0 Å². The second kappa shape index (κ2) is 3.15. The standard InChI is InChI=1S/C5H8N2/c1-3-7(4-2)5-6/h3-6H,1-2H2. The van der Waals surface area contributed by atoms with Gasteiger partial charge >= 0.3 is 0 Å². The van der Waals surface area contributed by atoms with Crippen LogP contribution in [0.15, 0.2) is 25.6 Å². The van der Waals surface area contributed by atoms with Crippen LogP contribution in [0, 0.1) is 5.41 Å². The van der Waals surface area contributed by atoms with E-state index in [0.29, 0.717) is 0 Å². The Morgan fingerprint density at radius 1 is 1.29 bits per heavy atom. The minimum atomic E-state index is 1.12.